The summed E-state index contributed by atoms with van der Waals surface area (Å²) in [5.74, 6) is -0.103. The first-order chi connectivity index (χ1) is 11.9. The van der Waals surface area contributed by atoms with Crippen LogP contribution in [0.15, 0.2) is 36.9 Å². The zero-order chi connectivity index (χ0) is 17.9. The van der Waals surface area contributed by atoms with Gasteiger partial charge in [-0.2, -0.15) is 13.2 Å². The first kappa shape index (κ1) is 17.4. The predicted molar refractivity (Wildman–Crippen MR) is 84.8 cm³/mol. The molecule has 3 rings (SSSR count). The van der Waals surface area contributed by atoms with Gasteiger partial charge in [0.2, 0.25) is 5.91 Å². The second kappa shape index (κ2) is 7.25. The van der Waals surface area contributed by atoms with Crippen LogP contribution in [-0.2, 0) is 11.3 Å². The van der Waals surface area contributed by atoms with Crippen LogP contribution in [0, 0.1) is 0 Å². The molecule has 1 atom stereocenters. The molecule has 1 fully saturated rings. The van der Waals surface area contributed by atoms with E-state index in [1.807, 2.05) is 22.9 Å². The number of carbonyl (C=O) groups excluding carboxylic acids is 1. The van der Waals surface area contributed by atoms with Crippen molar-refractivity contribution in [3.8, 4) is 0 Å². The van der Waals surface area contributed by atoms with Gasteiger partial charge in [-0.3, -0.25) is 9.78 Å². The summed E-state index contributed by atoms with van der Waals surface area (Å²) >= 11 is 0. The molecule has 0 bridgehead atoms. The Morgan fingerprint density at radius 3 is 2.72 bits per heavy atom. The van der Waals surface area contributed by atoms with E-state index >= 15 is 0 Å². The van der Waals surface area contributed by atoms with Crippen molar-refractivity contribution in [3.05, 3.63) is 48.3 Å². The lowest BCUT2D eigenvalue weighted by Crippen LogP contribution is -2.41. The van der Waals surface area contributed by atoms with E-state index in [9.17, 15) is 18.0 Å². The Labute approximate surface area is 143 Å². The summed E-state index contributed by atoms with van der Waals surface area (Å²) in [4.78, 5) is 21.6. The summed E-state index contributed by atoms with van der Waals surface area (Å²) in [7, 11) is 0. The van der Waals surface area contributed by atoms with Crippen LogP contribution in [0.4, 0.5) is 13.2 Å². The number of hydrogen-bond donors (Lipinski definition) is 0. The van der Waals surface area contributed by atoms with Gasteiger partial charge in [0.25, 0.3) is 0 Å². The smallest absolute Gasteiger partial charge is 0.342 e. The summed E-state index contributed by atoms with van der Waals surface area (Å²) in [5, 5.41) is 0. The molecule has 0 saturated carbocycles. The van der Waals surface area contributed by atoms with E-state index in [1.54, 1.807) is 18.6 Å². The molecule has 0 spiro atoms. The van der Waals surface area contributed by atoms with Crippen LogP contribution in [0.25, 0.3) is 0 Å². The van der Waals surface area contributed by atoms with E-state index in [-0.39, 0.29) is 12.5 Å². The summed E-state index contributed by atoms with van der Waals surface area (Å²) in [5.41, 5.74) is 1.06. The zero-order valence-electron chi connectivity index (χ0n) is 13.6. The third kappa shape index (κ3) is 4.58. The molecule has 134 valence electrons. The van der Waals surface area contributed by atoms with Crippen LogP contribution in [-0.4, -0.2) is 44.6 Å². The van der Waals surface area contributed by atoms with Gasteiger partial charge < -0.3 is 9.47 Å². The van der Waals surface area contributed by atoms with Crippen molar-refractivity contribution in [2.75, 3.05) is 13.1 Å². The van der Waals surface area contributed by atoms with E-state index in [1.165, 1.54) is 4.90 Å². The second-order valence-electron chi connectivity index (χ2n) is 6.24. The van der Waals surface area contributed by atoms with E-state index in [2.05, 4.69) is 9.97 Å². The molecule has 1 unspecified atom stereocenters. The standard InChI is InChI=1S/C17H19F3N4O/c18-17(19,20)10-15(25)23-8-1-2-14(12-23)16-22-7-9-24(16)11-13-3-5-21-6-4-13/h3-7,9,14H,1-2,8,10-12H2. The Bertz CT molecular complexity index is 714. The van der Waals surface area contributed by atoms with Gasteiger partial charge in [0.05, 0.1) is 0 Å². The minimum atomic E-state index is -4.47. The molecule has 2 aromatic rings. The highest BCUT2D eigenvalue weighted by Gasteiger charge is 2.35. The maximum Gasteiger partial charge on any atom is 0.397 e. The Hall–Kier alpha value is -2.38. The lowest BCUT2D eigenvalue weighted by molar-refractivity contribution is -0.162. The molecule has 0 aliphatic carbocycles. The van der Waals surface area contributed by atoms with Crippen LogP contribution in [0.2, 0.25) is 0 Å². The topological polar surface area (TPSA) is 51.0 Å². The van der Waals surface area contributed by atoms with Crippen LogP contribution < -0.4 is 0 Å². The fourth-order valence-electron chi connectivity index (χ4n) is 3.20. The van der Waals surface area contributed by atoms with E-state index < -0.39 is 18.5 Å². The molecule has 5 nitrogen and oxygen atoms in total. The predicted octanol–water partition coefficient (Wildman–Crippen LogP) is 2.98. The Balaban J connectivity index is 1.70. The van der Waals surface area contributed by atoms with Crippen LogP contribution in [0.5, 0.6) is 0 Å². The van der Waals surface area contributed by atoms with Gasteiger partial charge in [-0.1, -0.05) is 0 Å². The van der Waals surface area contributed by atoms with Gasteiger partial charge in [0.1, 0.15) is 12.2 Å². The van der Waals surface area contributed by atoms with Crippen LogP contribution >= 0.6 is 0 Å². The molecular formula is C17H19F3N4O. The molecule has 0 aromatic carbocycles. The van der Waals surface area contributed by atoms with Crippen LogP contribution in [0.1, 0.15) is 36.6 Å². The van der Waals surface area contributed by atoms with Gasteiger partial charge in [0, 0.05) is 50.3 Å². The number of rotatable bonds is 4. The number of alkyl halides is 3. The molecule has 1 amide bonds. The van der Waals surface area contributed by atoms with E-state index in [4.69, 9.17) is 0 Å². The van der Waals surface area contributed by atoms with Gasteiger partial charge in [0.15, 0.2) is 0 Å². The largest absolute Gasteiger partial charge is 0.397 e. The SMILES string of the molecule is O=C(CC(F)(F)F)N1CCCC(c2nccn2Cc2ccncc2)C1. The first-order valence-corrected chi connectivity index (χ1v) is 8.17. The van der Waals surface area contributed by atoms with E-state index in [0.717, 1.165) is 17.8 Å². The van der Waals surface area contributed by atoms with Crippen molar-refractivity contribution in [3.63, 3.8) is 0 Å². The van der Waals surface area contributed by atoms with Gasteiger partial charge in [-0.15, -0.1) is 0 Å². The van der Waals surface area contributed by atoms with Crippen molar-refractivity contribution in [2.45, 2.75) is 37.9 Å². The van der Waals surface area contributed by atoms with Crippen molar-refractivity contribution in [1.29, 1.82) is 0 Å². The third-order valence-corrected chi connectivity index (χ3v) is 4.34. The number of carbonyl (C=O) groups is 1. The van der Waals surface area contributed by atoms with Crippen LogP contribution in [0.3, 0.4) is 0 Å². The van der Waals surface area contributed by atoms with Gasteiger partial charge >= 0.3 is 6.18 Å². The highest BCUT2D eigenvalue weighted by Crippen LogP contribution is 2.28. The molecule has 25 heavy (non-hydrogen) atoms. The molecule has 0 radical (unpaired) electrons. The number of likely N-dealkylation sites (tertiary alicyclic amines) is 1. The molecule has 1 aliphatic rings. The molecule has 3 heterocycles. The number of piperidine rings is 1. The number of hydrogen-bond acceptors (Lipinski definition) is 3. The van der Waals surface area contributed by atoms with Crippen molar-refractivity contribution in [1.82, 2.24) is 19.4 Å². The number of nitrogens with zero attached hydrogens (tertiary/aromatic N) is 4. The molecule has 0 N–H and O–H groups in total. The molecule has 1 saturated heterocycles. The number of aromatic nitrogens is 3. The van der Waals surface area contributed by atoms with Crippen molar-refractivity contribution in [2.24, 2.45) is 0 Å². The monoisotopic (exact) mass is 352 g/mol. The summed E-state index contributed by atoms with van der Waals surface area (Å²) in [6, 6.07) is 3.81. The van der Waals surface area contributed by atoms with Crippen molar-refractivity contribution >= 4 is 5.91 Å². The van der Waals surface area contributed by atoms with Gasteiger partial charge in [-0.25, -0.2) is 4.98 Å². The minimum Gasteiger partial charge on any atom is -0.342 e. The van der Waals surface area contributed by atoms with Gasteiger partial charge in [-0.05, 0) is 30.5 Å². The number of pyridine rings is 1. The fraction of sp³-hybridized carbons (Fsp3) is 0.471. The lowest BCUT2D eigenvalue weighted by Gasteiger charge is -2.33. The third-order valence-electron chi connectivity index (χ3n) is 4.34. The minimum absolute atomic E-state index is 0.0530. The quantitative estimate of drug-likeness (QED) is 0.850. The molecule has 2 aromatic heterocycles. The highest BCUT2D eigenvalue weighted by atomic mass is 19.4. The average Bonchev–Trinajstić information content (AvgIpc) is 3.02. The maximum absolute atomic E-state index is 12.5. The number of imidazole rings is 1. The number of amides is 1. The molecule has 8 heteroatoms. The summed E-state index contributed by atoms with van der Waals surface area (Å²) in [6.45, 7) is 1.27. The summed E-state index contributed by atoms with van der Waals surface area (Å²) < 4.78 is 39.4. The normalized spacial score (nSPS) is 18.4. The maximum atomic E-state index is 12.5. The first-order valence-electron chi connectivity index (χ1n) is 8.17. The fourth-order valence-corrected chi connectivity index (χ4v) is 3.20. The summed E-state index contributed by atoms with van der Waals surface area (Å²) in [6.07, 6.45) is 2.59. The second-order valence-corrected chi connectivity index (χ2v) is 6.24. The van der Waals surface area contributed by atoms with E-state index in [0.29, 0.717) is 19.5 Å². The Morgan fingerprint density at radius 2 is 2.00 bits per heavy atom. The zero-order valence-corrected chi connectivity index (χ0v) is 13.6. The van der Waals surface area contributed by atoms with Crippen molar-refractivity contribution < 1.29 is 18.0 Å². The Kier molecular flexibility index (Phi) is 5.06. The Morgan fingerprint density at radius 1 is 1.24 bits per heavy atom. The molecular weight excluding hydrogens is 333 g/mol. The average molecular weight is 352 g/mol. The highest BCUT2D eigenvalue weighted by molar-refractivity contribution is 5.77. The number of halogens is 3. The lowest BCUT2D eigenvalue weighted by atomic mass is 9.96. The molecule has 1 aliphatic heterocycles.